The highest BCUT2D eigenvalue weighted by Crippen LogP contribution is 1.85. The minimum absolute atomic E-state index is 0.799. The van der Waals surface area contributed by atoms with Crippen LogP contribution in [0.2, 0.25) is 0 Å². The van der Waals surface area contributed by atoms with E-state index in [1.165, 1.54) is 5.92 Å². The smallest absolute Gasteiger partial charge is 0.0484 e. The van der Waals surface area contributed by atoms with Crippen molar-refractivity contribution in [2.24, 2.45) is 0 Å². The Bertz CT molecular complexity index is 46.8. The number of hydrogen-bond donors (Lipinski definition) is 0. The third-order valence-electron chi connectivity index (χ3n) is 0.697. The highest BCUT2D eigenvalue weighted by atomic mass is 16.5. The van der Waals surface area contributed by atoms with Crippen molar-refractivity contribution in [2.75, 3.05) is 27.4 Å². The Morgan fingerprint density at radius 1 is 0.909 bits per heavy atom. The molecule has 0 aliphatic heterocycles. The van der Waals surface area contributed by atoms with Crippen LogP contribution in [-0.4, -0.2) is 27.4 Å². The Balaban J connectivity index is 0. The molecular formula is C9H21O2. The highest BCUT2D eigenvalue weighted by molar-refractivity contribution is 4.64. The zero-order chi connectivity index (χ0) is 9.11. The molecule has 2 heteroatoms. The van der Waals surface area contributed by atoms with E-state index in [0.29, 0.717) is 0 Å². The van der Waals surface area contributed by atoms with Crippen LogP contribution in [-0.2, 0) is 9.47 Å². The van der Waals surface area contributed by atoms with E-state index < -0.39 is 0 Å². The molecular weight excluding hydrogens is 140 g/mol. The van der Waals surface area contributed by atoms with Gasteiger partial charge < -0.3 is 9.47 Å². The van der Waals surface area contributed by atoms with Crippen molar-refractivity contribution in [1.29, 1.82) is 0 Å². The van der Waals surface area contributed by atoms with Gasteiger partial charge in [-0.05, 0) is 12.3 Å². The van der Waals surface area contributed by atoms with Crippen LogP contribution in [0.5, 0.6) is 0 Å². The van der Waals surface area contributed by atoms with Crippen LogP contribution in [0.4, 0.5) is 0 Å². The second-order valence-electron chi connectivity index (χ2n) is 2.84. The number of rotatable bonds is 4. The summed E-state index contributed by atoms with van der Waals surface area (Å²) in [6, 6.07) is 0. The zero-order valence-corrected chi connectivity index (χ0v) is 8.44. The van der Waals surface area contributed by atoms with Crippen LogP contribution >= 0.6 is 0 Å². The molecule has 11 heavy (non-hydrogen) atoms. The van der Waals surface area contributed by atoms with Gasteiger partial charge in [-0.15, -0.1) is 0 Å². The Morgan fingerprint density at radius 2 is 1.18 bits per heavy atom. The lowest BCUT2D eigenvalue weighted by Crippen LogP contribution is -1.94. The minimum atomic E-state index is 0.799. The van der Waals surface area contributed by atoms with Crippen molar-refractivity contribution in [1.82, 2.24) is 0 Å². The summed E-state index contributed by atoms with van der Waals surface area (Å²) >= 11 is 0. The van der Waals surface area contributed by atoms with Crippen LogP contribution in [0.1, 0.15) is 27.2 Å². The lowest BCUT2D eigenvalue weighted by molar-refractivity contribution is 0.138. The predicted octanol–water partition coefficient (Wildman–Crippen LogP) is 2.29. The first-order valence-corrected chi connectivity index (χ1v) is 3.89. The molecule has 0 aliphatic rings. The normalized spacial score (nSPS) is 9.27. The van der Waals surface area contributed by atoms with Crippen LogP contribution in [0.15, 0.2) is 0 Å². The van der Waals surface area contributed by atoms with Gasteiger partial charge >= 0.3 is 0 Å². The summed E-state index contributed by atoms with van der Waals surface area (Å²) in [5, 5.41) is 0. The summed E-state index contributed by atoms with van der Waals surface area (Å²) in [6.07, 6.45) is 0.993. The fourth-order valence-corrected chi connectivity index (χ4v) is 0.348. The summed E-state index contributed by atoms with van der Waals surface area (Å²) in [6.45, 7) is 7.85. The average Bonchev–Trinajstić information content (AvgIpc) is 1.88. The molecule has 0 aromatic heterocycles. The fourth-order valence-electron chi connectivity index (χ4n) is 0.348. The Morgan fingerprint density at radius 3 is 1.36 bits per heavy atom. The van der Waals surface area contributed by atoms with Gasteiger partial charge in [-0.2, -0.15) is 0 Å². The number of methoxy groups -OCH3 is 2. The van der Waals surface area contributed by atoms with Crippen molar-refractivity contribution >= 4 is 0 Å². The van der Waals surface area contributed by atoms with Gasteiger partial charge in [-0.1, -0.05) is 20.8 Å². The van der Waals surface area contributed by atoms with E-state index in [1.807, 2.05) is 0 Å². The van der Waals surface area contributed by atoms with Gasteiger partial charge in [-0.25, -0.2) is 0 Å². The molecule has 0 fully saturated rings. The van der Waals surface area contributed by atoms with E-state index in [4.69, 9.17) is 9.47 Å². The Labute approximate surface area is 70.9 Å². The van der Waals surface area contributed by atoms with Gasteiger partial charge in [0.25, 0.3) is 0 Å². The summed E-state index contributed by atoms with van der Waals surface area (Å²) < 4.78 is 9.53. The molecule has 0 rings (SSSR count). The molecule has 2 nitrogen and oxygen atoms in total. The predicted molar refractivity (Wildman–Crippen MR) is 48.6 cm³/mol. The maximum Gasteiger partial charge on any atom is 0.0484 e. The van der Waals surface area contributed by atoms with Gasteiger partial charge in [0, 0.05) is 27.4 Å². The van der Waals surface area contributed by atoms with Gasteiger partial charge in [0.15, 0.2) is 0 Å². The summed E-state index contributed by atoms with van der Waals surface area (Å²) in [7, 11) is 3.38. The van der Waals surface area contributed by atoms with E-state index in [1.54, 1.807) is 14.2 Å². The van der Waals surface area contributed by atoms with E-state index >= 15 is 0 Å². The van der Waals surface area contributed by atoms with Crippen LogP contribution < -0.4 is 0 Å². The fraction of sp³-hybridized carbons (Fsp3) is 0.889. The maximum atomic E-state index is 4.76. The average molecular weight is 161 g/mol. The van der Waals surface area contributed by atoms with Crippen molar-refractivity contribution in [3.8, 4) is 0 Å². The van der Waals surface area contributed by atoms with E-state index in [0.717, 1.165) is 19.6 Å². The molecule has 0 atom stereocenters. The third kappa shape index (κ3) is 40.5. The summed E-state index contributed by atoms with van der Waals surface area (Å²) in [5.41, 5.74) is 0. The molecule has 0 spiro atoms. The minimum Gasteiger partial charge on any atom is -0.385 e. The lowest BCUT2D eigenvalue weighted by Gasteiger charge is -1.94. The van der Waals surface area contributed by atoms with Gasteiger partial charge in [0.2, 0.25) is 0 Å². The number of ether oxygens (including phenoxy) is 2. The first-order chi connectivity index (χ1) is 5.15. The molecule has 0 aromatic carbocycles. The Hall–Kier alpha value is -0.0800. The van der Waals surface area contributed by atoms with Crippen LogP contribution in [0.3, 0.4) is 0 Å². The SMILES string of the molecule is COCCCOC.C[C](C)C. The summed E-state index contributed by atoms with van der Waals surface area (Å²) in [4.78, 5) is 0. The molecule has 0 saturated carbocycles. The van der Waals surface area contributed by atoms with Crippen molar-refractivity contribution in [3.05, 3.63) is 5.92 Å². The largest absolute Gasteiger partial charge is 0.385 e. The lowest BCUT2D eigenvalue weighted by atomic mass is 10.3. The molecule has 69 valence electrons. The van der Waals surface area contributed by atoms with Crippen molar-refractivity contribution < 1.29 is 9.47 Å². The topological polar surface area (TPSA) is 18.5 Å². The monoisotopic (exact) mass is 161 g/mol. The highest BCUT2D eigenvalue weighted by Gasteiger charge is 1.79. The summed E-state index contributed by atoms with van der Waals surface area (Å²) in [5.74, 6) is 1.42. The van der Waals surface area contributed by atoms with Gasteiger partial charge in [-0.3, -0.25) is 0 Å². The van der Waals surface area contributed by atoms with E-state index in [2.05, 4.69) is 20.8 Å². The first-order valence-electron chi connectivity index (χ1n) is 3.89. The quantitative estimate of drug-likeness (QED) is 0.589. The third-order valence-corrected chi connectivity index (χ3v) is 0.697. The molecule has 0 bridgehead atoms. The standard InChI is InChI=1S/C5H12O2.C4H9/c1-6-4-3-5-7-2;1-4(2)3/h3-5H2,1-2H3;1-3H3. The van der Waals surface area contributed by atoms with Gasteiger partial charge in [0.1, 0.15) is 0 Å². The first kappa shape index (κ1) is 13.5. The van der Waals surface area contributed by atoms with Crippen LogP contribution in [0.25, 0.3) is 0 Å². The molecule has 0 saturated heterocycles. The number of hydrogen-bond acceptors (Lipinski definition) is 2. The molecule has 0 aliphatic carbocycles. The van der Waals surface area contributed by atoms with Crippen molar-refractivity contribution in [3.63, 3.8) is 0 Å². The Kier molecular flexibility index (Phi) is 15.4. The zero-order valence-electron chi connectivity index (χ0n) is 8.44. The van der Waals surface area contributed by atoms with Crippen LogP contribution in [0, 0.1) is 5.92 Å². The molecule has 1 radical (unpaired) electrons. The second-order valence-corrected chi connectivity index (χ2v) is 2.84. The second kappa shape index (κ2) is 12.6. The molecule has 0 heterocycles. The molecule has 0 N–H and O–H groups in total. The maximum absolute atomic E-state index is 4.76. The molecule has 0 unspecified atom stereocenters. The van der Waals surface area contributed by atoms with Gasteiger partial charge in [0.05, 0.1) is 0 Å². The van der Waals surface area contributed by atoms with Crippen molar-refractivity contribution in [2.45, 2.75) is 27.2 Å². The molecule has 0 amide bonds. The van der Waals surface area contributed by atoms with E-state index in [9.17, 15) is 0 Å². The van der Waals surface area contributed by atoms with E-state index in [-0.39, 0.29) is 0 Å². The molecule has 0 aromatic rings.